The normalized spacial score (nSPS) is 34.5. The molecule has 1 spiro atoms. The standard InChI is InChI=1S/C20H24O/c1-3-13(2)15-5-7-17-18(11-15)20(9-8-19(17)21)12-14-4-6-16(20)10-14/h4-7,11,13-14,16H,3,8-10,12H2,1-2H3. The molecular formula is C20H24O. The number of rotatable bonds is 2. The molecule has 110 valence electrons. The minimum Gasteiger partial charge on any atom is -0.294 e. The van der Waals surface area contributed by atoms with E-state index in [4.69, 9.17) is 0 Å². The summed E-state index contributed by atoms with van der Waals surface area (Å²) in [6.45, 7) is 4.53. The first kappa shape index (κ1) is 13.3. The van der Waals surface area contributed by atoms with E-state index in [2.05, 4.69) is 44.2 Å². The van der Waals surface area contributed by atoms with Crippen molar-refractivity contribution in [1.82, 2.24) is 0 Å². The Morgan fingerprint density at radius 2 is 2.19 bits per heavy atom. The van der Waals surface area contributed by atoms with Gasteiger partial charge in [0.1, 0.15) is 0 Å². The molecule has 1 fully saturated rings. The second kappa shape index (κ2) is 4.56. The van der Waals surface area contributed by atoms with Gasteiger partial charge in [0.25, 0.3) is 0 Å². The minimum absolute atomic E-state index is 0.270. The zero-order valence-electron chi connectivity index (χ0n) is 13.1. The fourth-order valence-electron chi connectivity index (χ4n) is 4.92. The van der Waals surface area contributed by atoms with Gasteiger partial charge in [0.2, 0.25) is 0 Å². The molecule has 1 aromatic rings. The van der Waals surface area contributed by atoms with Crippen LogP contribution >= 0.6 is 0 Å². The maximum Gasteiger partial charge on any atom is 0.163 e. The number of Topliss-reactive ketones (excluding diaryl/α,β-unsaturated/α-hetero) is 1. The van der Waals surface area contributed by atoms with Gasteiger partial charge in [-0.15, -0.1) is 0 Å². The van der Waals surface area contributed by atoms with Crippen LogP contribution in [0.15, 0.2) is 30.4 Å². The van der Waals surface area contributed by atoms with Gasteiger partial charge in [0, 0.05) is 17.4 Å². The summed E-state index contributed by atoms with van der Waals surface area (Å²) in [5.74, 6) is 2.36. The maximum atomic E-state index is 12.4. The summed E-state index contributed by atoms with van der Waals surface area (Å²) in [7, 11) is 0. The van der Waals surface area contributed by atoms with Crippen molar-refractivity contribution in [2.24, 2.45) is 11.8 Å². The zero-order valence-corrected chi connectivity index (χ0v) is 13.1. The number of allylic oxidation sites excluding steroid dienone is 2. The molecule has 1 saturated carbocycles. The van der Waals surface area contributed by atoms with Crippen molar-refractivity contribution in [3.8, 4) is 0 Å². The van der Waals surface area contributed by atoms with Gasteiger partial charge < -0.3 is 0 Å². The van der Waals surface area contributed by atoms with Gasteiger partial charge in [-0.25, -0.2) is 0 Å². The number of carbonyl (C=O) groups excluding carboxylic acids is 1. The molecule has 0 radical (unpaired) electrons. The molecule has 4 atom stereocenters. The molecular weight excluding hydrogens is 256 g/mol. The second-order valence-corrected chi connectivity index (χ2v) is 7.38. The first-order valence-electron chi connectivity index (χ1n) is 8.50. The third kappa shape index (κ3) is 1.79. The van der Waals surface area contributed by atoms with Crippen LogP contribution in [-0.2, 0) is 5.41 Å². The summed E-state index contributed by atoms with van der Waals surface area (Å²) < 4.78 is 0. The molecule has 4 rings (SSSR count). The number of ketones is 1. The monoisotopic (exact) mass is 280 g/mol. The molecule has 1 nitrogen and oxygen atoms in total. The van der Waals surface area contributed by atoms with Crippen molar-refractivity contribution in [2.45, 2.75) is 57.3 Å². The van der Waals surface area contributed by atoms with E-state index >= 15 is 0 Å². The number of hydrogen-bond donors (Lipinski definition) is 0. The lowest BCUT2D eigenvalue weighted by molar-refractivity contribution is 0.0944. The van der Waals surface area contributed by atoms with Crippen molar-refractivity contribution < 1.29 is 4.79 Å². The van der Waals surface area contributed by atoms with Crippen molar-refractivity contribution in [1.29, 1.82) is 0 Å². The predicted octanol–water partition coefficient (Wildman–Crippen LogP) is 5.01. The van der Waals surface area contributed by atoms with Gasteiger partial charge in [-0.2, -0.15) is 0 Å². The number of carbonyl (C=O) groups is 1. The quantitative estimate of drug-likeness (QED) is 0.696. The number of hydrogen-bond acceptors (Lipinski definition) is 1. The highest BCUT2D eigenvalue weighted by Gasteiger charge is 2.52. The lowest BCUT2D eigenvalue weighted by Gasteiger charge is -2.41. The summed E-state index contributed by atoms with van der Waals surface area (Å²) >= 11 is 0. The summed E-state index contributed by atoms with van der Waals surface area (Å²) in [5.41, 5.74) is 4.09. The van der Waals surface area contributed by atoms with Crippen LogP contribution in [0.5, 0.6) is 0 Å². The van der Waals surface area contributed by atoms with Crippen molar-refractivity contribution in [2.75, 3.05) is 0 Å². The Balaban J connectivity index is 1.86. The van der Waals surface area contributed by atoms with E-state index < -0.39 is 0 Å². The minimum atomic E-state index is 0.270. The van der Waals surface area contributed by atoms with Crippen molar-refractivity contribution in [3.63, 3.8) is 0 Å². The molecule has 0 saturated heterocycles. The molecule has 1 aromatic carbocycles. The van der Waals surface area contributed by atoms with Gasteiger partial charge >= 0.3 is 0 Å². The van der Waals surface area contributed by atoms with E-state index in [0.717, 1.165) is 30.7 Å². The molecule has 3 aliphatic rings. The van der Waals surface area contributed by atoms with Crippen LogP contribution < -0.4 is 0 Å². The molecule has 0 amide bonds. The lowest BCUT2D eigenvalue weighted by atomic mass is 9.62. The van der Waals surface area contributed by atoms with Crippen molar-refractivity contribution in [3.05, 3.63) is 47.0 Å². The van der Waals surface area contributed by atoms with Crippen LogP contribution in [0.25, 0.3) is 0 Å². The van der Waals surface area contributed by atoms with Crippen LogP contribution in [0, 0.1) is 11.8 Å². The van der Waals surface area contributed by atoms with Gasteiger partial charge in [-0.1, -0.05) is 44.2 Å². The van der Waals surface area contributed by atoms with Crippen LogP contribution in [-0.4, -0.2) is 5.78 Å². The smallest absolute Gasteiger partial charge is 0.163 e. The van der Waals surface area contributed by atoms with Crippen molar-refractivity contribution >= 4 is 5.78 Å². The highest BCUT2D eigenvalue weighted by molar-refractivity contribution is 5.99. The molecule has 3 aliphatic carbocycles. The van der Waals surface area contributed by atoms with Gasteiger partial charge in [-0.3, -0.25) is 4.79 Å². The predicted molar refractivity (Wildman–Crippen MR) is 85.7 cm³/mol. The highest BCUT2D eigenvalue weighted by Crippen LogP contribution is 2.58. The van der Waals surface area contributed by atoms with Crippen LogP contribution in [0.1, 0.15) is 73.4 Å². The third-order valence-electron chi connectivity index (χ3n) is 6.37. The average molecular weight is 280 g/mol. The molecule has 4 unspecified atom stereocenters. The average Bonchev–Trinajstić information content (AvgIpc) is 3.11. The molecule has 0 heterocycles. The molecule has 0 aromatic heterocycles. The number of fused-ring (bicyclic) bond motifs is 5. The Hall–Kier alpha value is -1.37. The van der Waals surface area contributed by atoms with Crippen LogP contribution in [0.3, 0.4) is 0 Å². The van der Waals surface area contributed by atoms with Crippen LogP contribution in [0.2, 0.25) is 0 Å². The summed E-state index contributed by atoms with van der Waals surface area (Å²) in [4.78, 5) is 12.4. The summed E-state index contributed by atoms with van der Waals surface area (Å²) in [5, 5.41) is 0. The van der Waals surface area contributed by atoms with Gasteiger partial charge in [0.15, 0.2) is 5.78 Å². The lowest BCUT2D eigenvalue weighted by Crippen LogP contribution is -2.37. The largest absolute Gasteiger partial charge is 0.294 e. The molecule has 2 bridgehead atoms. The fraction of sp³-hybridized carbons (Fsp3) is 0.550. The van der Waals surface area contributed by atoms with Crippen LogP contribution in [0.4, 0.5) is 0 Å². The molecule has 21 heavy (non-hydrogen) atoms. The fourth-order valence-corrected chi connectivity index (χ4v) is 4.92. The Bertz CT molecular complexity index is 627. The highest BCUT2D eigenvalue weighted by atomic mass is 16.1. The Labute approximate surface area is 127 Å². The summed E-state index contributed by atoms with van der Waals surface area (Å²) in [6, 6.07) is 6.69. The summed E-state index contributed by atoms with van der Waals surface area (Å²) in [6.07, 6.45) is 10.4. The second-order valence-electron chi connectivity index (χ2n) is 7.38. The Kier molecular flexibility index (Phi) is 2.89. The first-order chi connectivity index (χ1) is 10.1. The van der Waals surface area contributed by atoms with E-state index in [1.54, 1.807) is 0 Å². The van der Waals surface area contributed by atoms with Gasteiger partial charge in [0.05, 0.1) is 0 Å². The van der Waals surface area contributed by atoms with E-state index in [9.17, 15) is 4.79 Å². The topological polar surface area (TPSA) is 17.1 Å². The first-order valence-corrected chi connectivity index (χ1v) is 8.50. The van der Waals surface area contributed by atoms with E-state index in [0.29, 0.717) is 17.6 Å². The Morgan fingerprint density at radius 3 is 2.86 bits per heavy atom. The Morgan fingerprint density at radius 1 is 1.33 bits per heavy atom. The SMILES string of the molecule is CCC(C)c1ccc2c(c1)C1(CCC2=O)CC2C=CC1C2. The maximum absolute atomic E-state index is 12.4. The van der Waals surface area contributed by atoms with Gasteiger partial charge in [-0.05, 0) is 54.6 Å². The zero-order chi connectivity index (χ0) is 14.6. The molecule has 1 heteroatoms. The molecule has 0 N–H and O–H groups in total. The number of benzene rings is 1. The van der Waals surface area contributed by atoms with E-state index in [1.165, 1.54) is 24.0 Å². The third-order valence-corrected chi connectivity index (χ3v) is 6.37. The van der Waals surface area contributed by atoms with E-state index in [-0.39, 0.29) is 5.41 Å². The molecule has 0 aliphatic heterocycles. The van der Waals surface area contributed by atoms with E-state index in [1.807, 2.05) is 0 Å².